The molecule has 6 aromatic rings. The lowest BCUT2D eigenvalue weighted by Crippen LogP contribution is -2.00. The van der Waals surface area contributed by atoms with E-state index in [-0.39, 0.29) is 22.8 Å². The number of carbonyl (C=O) groups excluding carboxylic acids is 2. The summed E-state index contributed by atoms with van der Waals surface area (Å²) in [7, 11) is 0. The highest BCUT2D eigenvalue weighted by Gasteiger charge is 2.17. The maximum absolute atomic E-state index is 12.7. The van der Waals surface area contributed by atoms with Crippen molar-refractivity contribution in [3.05, 3.63) is 147 Å². The summed E-state index contributed by atoms with van der Waals surface area (Å²) in [5.41, 5.74) is 10.2. The Labute approximate surface area is 277 Å². The van der Waals surface area contributed by atoms with Gasteiger partial charge in [0.1, 0.15) is 29.6 Å². The Morgan fingerprint density at radius 2 is 1.24 bits per heavy atom. The maximum atomic E-state index is 12.7. The monoisotopic (exact) mass is 666 g/mol. The number of hydrogen-bond acceptors (Lipinski definition) is 12. The third-order valence-corrected chi connectivity index (χ3v) is 6.65. The zero-order valence-electron chi connectivity index (χ0n) is 25.9. The van der Waals surface area contributed by atoms with Gasteiger partial charge in [-0.1, -0.05) is 34.6 Å². The first-order chi connectivity index (χ1) is 23.4. The number of carbonyl (C=O) groups is 2. The van der Waals surface area contributed by atoms with Crippen molar-refractivity contribution in [2.75, 3.05) is 11.1 Å². The van der Waals surface area contributed by atoms with Gasteiger partial charge in [0, 0.05) is 57.9 Å². The van der Waals surface area contributed by atoms with Gasteiger partial charge in [0.2, 0.25) is 5.82 Å². The molecule has 0 aliphatic rings. The van der Waals surface area contributed by atoms with Gasteiger partial charge < -0.3 is 20.1 Å². The fourth-order valence-corrected chi connectivity index (χ4v) is 4.21. The SMILES string of the molecule is CC(=O)c1ccc(F)c([N+](=O)[O-])c1.CC(=O)c1ccc(Nc2cccc(-c3ccon3)c2)c([N+](=O)[O-])c1.Nc1cccc(-c2ccon2)c1. The van der Waals surface area contributed by atoms with Crippen molar-refractivity contribution in [2.24, 2.45) is 0 Å². The molecule has 0 aliphatic heterocycles. The van der Waals surface area contributed by atoms with Crippen molar-refractivity contribution in [1.82, 2.24) is 10.3 Å². The molecule has 0 saturated heterocycles. The van der Waals surface area contributed by atoms with Crippen molar-refractivity contribution in [3.63, 3.8) is 0 Å². The average molecular weight is 667 g/mol. The number of hydrogen-bond donors (Lipinski definition) is 2. The molecule has 15 heteroatoms. The highest BCUT2D eigenvalue weighted by molar-refractivity contribution is 5.96. The second-order valence-electron chi connectivity index (χ2n) is 10.1. The third kappa shape index (κ3) is 9.49. The van der Waals surface area contributed by atoms with Crippen LogP contribution >= 0.6 is 0 Å². The van der Waals surface area contributed by atoms with Crippen molar-refractivity contribution in [3.8, 4) is 22.5 Å². The van der Waals surface area contributed by atoms with E-state index >= 15 is 0 Å². The number of rotatable bonds is 8. The van der Waals surface area contributed by atoms with Gasteiger partial charge in [-0.05, 0) is 62.4 Å². The predicted molar refractivity (Wildman–Crippen MR) is 178 cm³/mol. The average Bonchev–Trinajstić information content (AvgIpc) is 3.81. The molecule has 0 saturated carbocycles. The molecule has 0 spiro atoms. The van der Waals surface area contributed by atoms with Crippen LogP contribution in [0, 0.1) is 26.0 Å². The molecule has 248 valence electrons. The van der Waals surface area contributed by atoms with Crippen LogP contribution in [0.5, 0.6) is 0 Å². The molecule has 4 aromatic carbocycles. The van der Waals surface area contributed by atoms with Crippen molar-refractivity contribution >= 4 is 40.0 Å². The largest absolute Gasteiger partial charge is 0.399 e. The summed E-state index contributed by atoms with van der Waals surface area (Å²) in [5.74, 6) is -1.49. The number of nitro groups is 2. The Morgan fingerprint density at radius 3 is 1.76 bits per heavy atom. The van der Waals surface area contributed by atoms with Crippen LogP contribution in [0.25, 0.3) is 22.5 Å². The molecule has 0 atom stereocenters. The molecule has 2 aromatic heterocycles. The predicted octanol–water partition coefficient (Wildman–Crippen LogP) is 8.06. The van der Waals surface area contributed by atoms with Crippen molar-refractivity contribution in [2.45, 2.75) is 13.8 Å². The van der Waals surface area contributed by atoms with E-state index in [1.54, 1.807) is 36.6 Å². The van der Waals surface area contributed by atoms with Crippen LogP contribution in [0.1, 0.15) is 34.6 Å². The van der Waals surface area contributed by atoms with Crippen LogP contribution in [-0.4, -0.2) is 31.7 Å². The van der Waals surface area contributed by atoms with E-state index < -0.39 is 21.4 Å². The zero-order chi connectivity index (χ0) is 35.5. The van der Waals surface area contributed by atoms with Crippen LogP contribution in [0.2, 0.25) is 0 Å². The molecule has 3 N–H and O–H groups in total. The molecule has 0 aliphatic carbocycles. The van der Waals surface area contributed by atoms with E-state index in [4.69, 9.17) is 14.8 Å². The number of halogens is 1. The molecule has 0 unspecified atom stereocenters. The van der Waals surface area contributed by atoms with Gasteiger partial charge in [-0.3, -0.25) is 29.8 Å². The van der Waals surface area contributed by atoms with Gasteiger partial charge in [-0.25, -0.2) is 0 Å². The maximum Gasteiger partial charge on any atom is 0.305 e. The molecular weight excluding hydrogens is 639 g/mol. The lowest BCUT2D eigenvalue weighted by Gasteiger charge is -2.09. The van der Waals surface area contributed by atoms with E-state index in [2.05, 4.69) is 15.6 Å². The van der Waals surface area contributed by atoms with Gasteiger partial charge >= 0.3 is 5.69 Å². The van der Waals surface area contributed by atoms with E-state index in [0.717, 1.165) is 34.6 Å². The molecule has 0 radical (unpaired) electrons. The van der Waals surface area contributed by atoms with Crippen LogP contribution in [0.3, 0.4) is 0 Å². The van der Waals surface area contributed by atoms with Gasteiger partial charge in [0.25, 0.3) is 5.69 Å². The summed E-state index contributed by atoms with van der Waals surface area (Å²) in [4.78, 5) is 42.3. The second-order valence-corrected chi connectivity index (χ2v) is 10.1. The lowest BCUT2D eigenvalue weighted by molar-refractivity contribution is -0.387. The van der Waals surface area contributed by atoms with Crippen molar-refractivity contribution in [1.29, 1.82) is 0 Å². The smallest absolute Gasteiger partial charge is 0.305 e. The van der Waals surface area contributed by atoms with E-state index in [1.807, 2.05) is 36.4 Å². The number of benzene rings is 4. The molecule has 14 nitrogen and oxygen atoms in total. The number of nitrogens with two attached hydrogens (primary N) is 1. The highest BCUT2D eigenvalue weighted by atomic mass is 19.1. The van der Waals surface area contributed by atoms with Crippen LogP contribution < -0.4 is 11.1 Å². The minimum Gasteiger partial charge on any atom is -0.399 e. The Bertz CT molecular complexity index is 2100. The number of nitrogens with zero attached hydrogens (tertiary/aromatic N) is 4. The summed E-state index contributed by atoms with van der Waals surface area (Å²) in [6.07, 6.45) is 3.01. The number of ketones is 2. The Kier molecular flexibility index (Phi) is 11.4. The lowest BCUT2D eigenvalue weighted by atomic mass is 10.1. The first-order valence-electron chi connectivity index (χ1n) is 14.2. The number of nitrogens with one attached hydrogen (secondary N) is 1. The number of nitrogen functional groups attached to an aromatic ring is 1. The zero-order valence-corrected chi connectivity index (χ0v) is 25.9. The fourth-order valence-electron chi connectivity index (χ4n) is 4.21. The summed E-state index contributed by atoms with van der Waals surface area (Å²) in [6.45, 7) is 2.63. The Balaban J connectivity index is 0.000000182. The highest BCUT2D eigenvalue weighted by Crippen LogP contribution is 2.30. The number of aromatic nitrogens is 2. The normalized spacial score (nSPS) is 10.1. The van der Waals surface area contributed by atoms with Crippen LogP contribution in [0.4, 0.5) is 32.8 Å². The van der Waals surface area contributed by atoms with Gasteiger partial charge in [-0.15, -0.1) is 0 Å². The van der Waals surface area contributed by atoms with E-state index in [1.165, 1.54) is 38.3 Å². The van der Waals surface area contributed by atoms with E-state index in [9.17, 15) is 34.2 Å². The molecule has 0 bridgehead atoms. The summed E-state index contributed by atoms with van der Waals surface area (Å²) in [6, 6.07) is 25.7. The molecule has 49 heavy (non-hydrogen) atoms. The quantitative estimate of drug-likeness (QED) is 0.0683. The summed E-state index contributed by atoms with van der Waals surface area (Å²) in [5, 5.41) is 32.2. The topological polar surface area (TPSA) is 211 Å². The second kappa shape index (κ2) is 16.0. The van der Waals surface area contributed by atoms with Crippen LogP contribution in [0.15, 0.2) is 119 Å². The third-order valence-electron chi connectivity index (χ3n) is 6.65. The van der Waals surface area contributed by atoms with Gasteiger partial charge in [0.15, 0.2) is 11.6 Å². The Hall–Kier alpha value is -7.03. The first-order valence-corrected chi connectivity index (χ1v) is 14.2. The standard InChI is InChI=1S/C17H13N3O4.C9H8N2O.C8H6FNO3/c1-11(21)12-5-6-16(17(10-12)20(22)23)18-14-4-2-3-13(9-14)15-7-8-24-19-15;10-8-3-1-2-7(6-8)9-4-5-12-11-9;1-5(11)6-2-3-7(9)8(4-6)10(12)13/h2-10,18H,1H3;1-6H,10H2;2-4H,1H3. The first kappa shape index (κ1) is 34.8. The number of Topliss-reactive ketones (excluding diaryl/α,β-unsaturated/α-hetero) is 2. The Morgan fingerprint density at radius 1 is 0.714 bits per heavy atom. The minimum absolute atomic E-state index is 0.133. The number of anilines is 3. The van der Waals surface area contributed by atoms with E-state index in [0.29, 0.717) is 22.6 Å². The molecule has 2 heterocycles. The molecular formula is C34H27FN6O8. The molecule has 0 fully saturated rings. The fraction of sp³-hybridized carbons (Fsp3) is 0.0588. The minimum atomic E-state index is -0.935. The van der Waals surface area contributed by atoms with Crippen LogP contribution in [-0.2, 0) is 0 Å². The number of nitro benzene ring substituents is 2. The van der Waals surface area contributed by atoms with Crippen molar-refractivity contribution < 1.29 is 32.9 Å². The molecule has 6 rings (SSSR count). The summed E-state index contributed by atoms with van der Waals surface area (Å²) >= 11 is 0. The summed E-state index contributed by atoms with van der Waals surface area (Å²) < 4.78 is 22.3. The van der Waals surface area contributed by atoms with Gasteiger partial charge in [-0.2, -0.15) is 4.39 Å². The molecule has 0 amide bonds. The van der Waals surface area contributed by atoms with Gasteiger partial charge in [0.05, 0.1) is 9.85 Å².